The van der Waals surface area contributed by atoms with Crippen LogP contribution in [0.25, 0.3) is 0 Å². The minimum absolute atomic E-state index is 0.121. The summed E-state index contributed by atoms with van der Waals surface area (Å²) in [6.07, 6.45) is 10.3. The number of carbonyl (C=O) groups is 1. The lowest BCUT2D eigenvalue weighted by atomic mass is 9.88. The van der Waals surface area contributed by atoms with Crippen molar-refractivity contribution in [2.45, 2.75) is 32.2 Å². The quantitative estimate of drug-likeness (QED) is 0.729. The van der Waals surface area contributed by atoms with Crippen LogP contribution in [0, 0.1) is 6.92 Å². The lowest BCUT2D eigenvalue weighted by molar-refractivity contribution is -0.133. The molecule has 2 aliphatic rings. The first-order valence-electron chi connectivity index (χ1n) is 11.0. The van der Waals surface area contributed by atoms with E-state index in [1.165, 1.54) is 16.7 Å². The van der Waals surface area contributed by atoms with Gasteiger partial charge in [-0.1, -0.05) is 91.0 Å². The average Bonchev–Trinajstić information content (AvgIpc) is 2.89. The predicted molar refractivity (Wildman–Crippen MR) is 127 cm³/mol. The summed E-state index contributed by atoms with van der Waals surface area (Å²) in [5.74, 6) is 0.194. The van der Waals surface area contributed by atoms with Gasteiger partial charge in [0.15, 0.2) is 0 Å². The smallest absolute Gasteiger partial charge is 0.223 e. The molecular weight excluding hydrogens is 380 g/mol. The van der Waals surface area contributed by atoms with Gasteiger partial charge in [-0.25, -0.2) is 0 Å². The third-order valence-corrected chi connectivity index (χ3v) is 6.04. The SMILES string of the molecule is C=C1/C=C\C=C/CNC2=C1CCN(C(=O)CCc1ccccc1)C2c1ccc(C)cc1. The van der Waals surface area contributed by atoms with Crippen molar-refractivity contribution in [2.24, 2.45) is 0 Å². The molecule has 0 bridgehead atoms. The van der Waals surface area contributed by atoms with Gasteiger partial charge in [-0.3, -0.25) is 4.79 Å². The Hall–Kier alpha value is -3.33. The number of allylic oxidation sites excluding steroid dienone is 4. The third kappa shape index (κ3) is 4.88. The van der Waals surface area contributed by atoms with Crippen LogP contribution in [0.2, 0.25) is 0 Å². The Bertz CT molecular complexity index is 1030. The van der Waals surface area contributed by atoms with Crippen LogP contribution in [-0.2, 0) is 11.2 Å². The zero-order valence-corrected chi connectivity index (χ0v) is 18.2. The van der Waals surface area contributed by atoms with Crippen LogP contribution in [0.15, 0.2) is 102 Å². The van der Waals surface area contributed by atoms with Crippen molar-refractivity contribution in [1.29, 1.82) is 0 Å². The minimum Gasteiger partial charge on any atom is -0.383 e. The summed E-state index contributed by atoms with van der Waals surface area (Å²) in [6.45, 7) is 7.83. The van der Waals surface area contributed by atoms with Crippen LogP contribution in [0.3, 0.4) is 0 Å². The zero-order chi connectivity index (χ0) is 21.6. The van der Waals surface area contributed by atoms with Gasteiger partial charge >= 0.3 is 0 Å². The monoisotopic (exact) mass is 410 g/mol. The third-order valence-electron chi connectivity index (χ3n) is 6.04. The van der Waals surface area contributed by atoms with Gasteiger partial charge in [0.2, 0.25) is 5.91 Å². The summed E-state index contributed by atoms with van der Waals surface area (Å²) < 4.78 is 0. The molecule has 2 aromatic carbocycles. The fourth-order valence-electron chi connectivity index (χ4n) is 4.35. The molecule has 2 heterocycles. The van der Waals surface area contributed by atoms with Crippen molar-refractivity contribution < 1.29 is 4.79 Å². The highest BCUT2D eigenvalue weighted by Crippen LogP contribution is 2.38. The number of rotatable bonds is 4. The van der Waals surface area contributed by atoms with Gasteiger partial charge in [-0.2, -0.15) is 0 Å². The summed E-state index contributed by atoms with van der Waals surface area (Å²) >= 11 is 0. The molecule has 31 heavy (non-hydrogen) atoms. The van der Waals surface area contributed by atoms with Crippen molar-refractivity contribution in [3.63, 3.8) is 0 Å². The predicted octanol–water partition coefficient (Wildman–Crippen LogP) is 5.43. The average molecular weight is 411 g/mol. The van der Waals surface area contributed by atoms with Crippen LogP contribution >= 0.6 is 0 Å². The van der Waals surface area contributed by atoms with Gasteiger partial charge in [-0.05, 0) is 42.0 Å². The van der Waals surface area contributed by atoms with E-state index in [1.54, 1.807) is 0 Å². The number of hydrogen-bond acceptors (Lipinski definition) is 2. The molecule has 0 aromatic heterocycles. The van der Waals surface area contributed by atoms with Gasteiger partial charge in [0.1, 0.15) is 0 Å². The largest absolute Gasteiger partial charge is 0.383 e. The van der Waals surface area contributed by atoms with E-state index in [0.29, 0.717) is 13.0 Å². The van der Waals surface area contributed by atoms with Crippen molar-refractivity contribution >= 4 is 5.91 Å². The number of nitrogens with one attached hydrogen (secondary N) is 1. The summed E-state index contributed by atoms with van der Waals surface area (Å²) in [5, 5.41) is 3.61. The summed E-state index contributed by atoms with van der Waals surface area (Å²) in [6, 6.07) is 18.7. The number of aryl methyl sites for hydroxylation is 2. The molecule has 1 unspecified atom stereocenters. The van der Waals surface area contributed by atoms with Crippen LogP contribution in [-0.4, -0.2) is 23.9 Å². The van der Waals surface area contributed by atoms with Gasteiger partial charge in [0.05, 0.1) is 6.04 Å². The first-order chi connectivity index (χ1) is 15.1. The molecule has 0 fully saturated rings. The van der Waals surface area contributed by atoms with Gasteiger partial charge in [-0.15, -0.1) is 0 Å². The molecule has 2 aliphatic heterocycles. The molecule has 0 saturated carbocycles. The topological polar surface area (TPSA) is 32.3 Å². The van der Waals surface area contributed by atoms with Crippen molar-refractivity contribution in [3.8, 4) is 0 Å². The Balaban J connectivity index is 1.67. The van der Waals surface area contributed by atoms with E-state index in [9.17, 15) is 4.79 Å². The second-order valence-corrected chi connectivity index (χ2v) is 8.22. The maximum atomic E-state index is 13.4. The van der Waals surface area contributed by atoms with E-state index in [0.717, 1.165) is 36.2 Å². The van der Waals surface area contributed by atoms with Gasteiger partial charge < -0.3 is 10.2 Å². The lowest BCUT2D eigenvalue weighted by Crippen LogP contribution is -2.43. The molecule has 158 valence electrons. The Labute approximate surface area is 185 Å². The summed E-state index contributed by atoms with van der Waals surface area (Å²) in [5.41, 5.74) is 6.89. The fraction of sp³-hybridized carbons (Fsp3) is 0.250. The molecule has 0 spiro atoms. The molecule has 1 amide bonds. The van der Waals surface area contributed by atoms with E-state index >= 15 is 0 Å². The maximum absolute atomic E-state index is 13.4. The van der Waals surface area contributed by atoms with Gasteiger partial charge in [0, 0.05) is 25.2 Å². The second kappa shape index (κ2) is 9.65. The highest BCUT2D eigenvalue weighted by molar-refractivity contribution is 5.78. The molecular formula is C28H30N2O. The maximum Gasteiger partial charge on any atom is 0.223 e. The molecule has 0 aliphatic carbocycles. The van der Waals surface area contributed by atoms with Crippen molar-refractivity contribution in [1.82, 2.24) is 10.2 Å². The van der Waals surface area contributed by atoms with Crippen molar-refractivity contribution in [2.75, 3.05) is 13.1 Å². The van der Waals surface area contributed by atoms with E-state index in [4.69, 9.17) is 0 Å². The fourth-order valence-corrected chi connectivity index (χ4v) is 4.35. The minimum atomic E-state index is -0.121. The number of nitrogens with zero attached hydrogens (tertiary/aromatic N) is 1. The summed E-state index contributed by atoms with van der Waals surface area (Å²) in [7, 11) is 0. The van der Waals surface area contributed by atoms with Crippen LogP contribution in [0.4, 0.5) is 0 Å². The van der Waals surface area contributed by atoms with E-state index < -0.39 is 0 Å². The number of hydrogen-bond donors (Lipinski definition) is 1. The Morgan fingerprint density at radius 3 is 2.65 bits per heavy atom. The van der Waals surface area contributed by atoms with Crippen molar-refractivity contribution in [3.05, 3.63) is 119 Å². The number of carbonyl (C=O) groups excluding carboxylic acids is 1. The Kier molecular flexibility index (Phi) is 6.51. The Morgan fingerprint density at radius 1 is 1.10 bits per heavy atom. The molecule has 3 heteroatoms. The molecule has 0 radical (unpaired) electrons. The molecule has 0 saturated heterocycles. The lowest BCUT2D eigenvalue weighted by Gasteiger charge is -2.40. The molecule has 1 atom stereocenters. The van der Waals surface area contributed by atoms with Crippen LogP contribution < -0.4 is 5.32 Å². The molecule has 3 nitrogen and oxygen atoms in total. The molecule has 4 rings (SSSR count). The highest BCUT2D eigenvalue weighted by Gasteiger charge is 2.34. The second-order valence-electron chi connectivity index (χ2n) is 8.22. The highest BCUT2D eigenvalue weighted by atomic mass is 16.2. The molecule has 2 aromatic rings. The first kappa shape index (κ1) is 20.9. The zero-order valence-electron chi connectivity index (χ0n) is 18.2. The van der Waals surface area contributed by atoms with E-state index in [2.05, 4.69) is 72.3 Å². The number of amides is 1. The normalized spacial score (nSPS) is 20.7. The Morgan fingerprint density at radius 2 is 1.87 bits per heavy atom. The summed E-state index contributed by atoms with van der Waals surface area (Å²) in [4.78, 5) is 15.5. The number of benzene rings is 2. The van der Waals surface area contributed by atoms with Gasteiger partial charge in [0.25, 0.3) is 0 Å². The molecule has 1 N–H and O–H groups in total. The van der Waals surface area contributed by atoms with Crippen LogP contribution in [0.1, 0.15) is 35.6 Å². The standard InChI is InChI=1S/C28H30N2O/c1-21-12-15-24(16-13-21)28-27-25(22(2)9-5-4-8-19-29-27)18-20-30(28)26(31)17-14-23-10-6-3-7-11-23/h3-13,15-16,28-29H,2,14,17-20H2,1H3/b8-4-,9-5-. The van der Waals surface area contributed by atoms with E-state index in [-0.39, 0.29) is 11.9 Å². The van der Waals surface area contributed by atoms with E-state index in [1.807, 2.05) is 30.4 Å². The first-order valence-corrected chi connectivity index (χ1v) is 11.0. The van der Waals surface area contributed by atoms with Crippen LogP contribution in [0.5, 0.6) is 0 Å².